The van der Waals surface area contributed by atoms with Crippen LogP contribution < -0.4 is 5.11 Å². The Labute approximate surface area is 99.5 Å². The maximum Gasteiger partial charge on any atom is 0.411 e. The second-order valence-corrected chi connectivity index (χ2v) is 5.02. The Morgan fingerprint density at radius 2 is 2.00 bits per heavy atom. The van der Waals surface area contributed by atoms with Gasteiger partial charge in [0.15, 0.2) is 5.78 Å². The van der Waals surface area contributed by atoms with Gasteiger partial charge in [0.25, 0.3) is 0 Å². The molecule has 1 atom stereocenters. The summed E-state index contributed by atoms with van der Waals surface area (Å²) in [7, 11) is 0. The molecule has 1 unspecified atom stereocenters. The highest BCUT2D eigenvalue weighted by Gasteiger charge is 2.34. The van der Waals surface area contributed by atoms with Gasteiger partial charge >= 0.3 is 6.09 Å². The lowest BCUT2D eigenvalue weighted by atomic mass is 10.0. The molecule has 0 spiro atoms. The van der Waals surface area contributed by atoms with Crippen LogP contribution in [0.3, 0.4) is 0 Å². The molecule has 0 bridgehead atoms. The minimum absolute atomic E-state index is 0.0837. The highest BCUT2D eigenvalue weighted by Crippen LogP contribution is 2.18. The first kappa shape index (κ1) is 13.5. The zero-order valence-corrected chi connectivity index (χ0v) is 10.2. The number of likely N-dealkylation sites (tertiary alicyclic amines) is 1. The minimum atomic E-state index is -1.36. The van der Waals surface area contributed by atoms with E-state index in [1.807, 2.05) is 0 Å². The lowest BCUT2D eigenvalue weighted by Gasteiger charge is -2.36. The first-order chi connectivity index (χ1) is 7.70. The number of aliphatic carboxylic acids is 1. The van der Waals surface area contributed by atoms with Crippen molar-refractivity contribution < 1.29 is 24.2 Å². The van der Waals surface area contributed by atoms with Crippen LogP contribution in [0, 0.1) is 0 Å². The third kappa shape index (κ3) is 3.72. The van der Waals surface area contributed by atoms with Gasteiger partial charge in [-0.15, -0.1) is 0 Å². The van der Waals surface area contributed by atoms with Gasteiger partial charge in [-0.1, -0.05) is 0 Å². The lowest BCUT2D eigenvalue weighted by molar-refractivity contribution is -0.311. The first-order valence-electron chi connectivity index (χ1n) is 5.43. The Balaban J connectivity index is 2.79. The fourth-order valence-corrected chi connectivity index (χ4v) is 1.59. The Morgan fingerprint density at radius 1 is 1.41 bits per heavy atom. The van der Waals surface area contributed by atoms with Crippen LogP contribution in [0.25, 0.3) is 0 Å². The fourth-order valence-electron chi connectivity index (χ4n) is 1.59. The van der Waals surface area contributed by atoms with Crippen molar-refractivity contribution in [1.82, 2.24) is 4.90 Å². The van der Waals surface area contributed by atoms with E-state index in [1.54, 1.807) is 20.8 Å². The van der Waals surface area contributed by atoms with Crippen LogP contribution in [0.15, 0.2) is 0 Å². The molecule has 0 radical (unpaired) electrons. The summed E-state index contributed by atoms with van der Waals surface area (Å²) in [5.41, 5.74) is -0.728. The summed E-state index contributed by atoms with van der Waals surface area (Å²) in [4.78, 5) is 34.8. The fraction of sp³-hybridized carbons (Fsp3) is 0.727. The Hall–Kier alpha value is -1.59. The summed E-state index contributed by atoms with van der Waals surface area (Å²) in [6.07, 6.45) is -0.557. The van der Waals surface area contributed by atoms with Crippen molar-refractivity contribution >= 4 is 17.8 Å². The zero-order chi connectivity index (χ0) is 13.2. The number of hydrogen-bond donors (Lipinski definition) is 0. The molecule has 0 saturated carbocycles. The van der Waals surface area contributed by atoms with E-state index in [2.05, 4.69) is 0 Å². The maximum absolute atomic E-state index is 11.7. The molecule has 96 valence electrons. The number of piperidine rings is 1. The maximum atomic E-state index is 11.7. The van der Waals surface area contributed by atoms with Crippen molar-refractivity contribution in [1.29, 1.82) is 0 Å². The summed E-state index contributed by atoms with van der Waals surface area (Å²) in [5, 5.41) is 10.9. The summed E-state index contributed by atoms with van der Waals surface area (Å²) in [6, 6.07) is -1.08. The molecule has 6 heteroatoms. The number of carbonyl (C=O) groups is 3. The summed E-state index contributed by atoms with van der Waals surface area (Å²) in [5.74, 6) is -1.53. The van der Waals surface area contributed by atoms with Gasteiger partial charge in [0.2, 0.25) is 0 Å². The van der Waals surface area contributed by atoms with Crippen molar-refractivity contribution in [3.05, 3.63) is 0 Å². The second kappa shape index (κ2) is 4.73. The highest BCUT2D eigenvalue weighted by molar-refractivity contribution is 5.89. The van der Waals surface area contributed by atoms with E-state index in [4.69, 9.17) is 4.74 Å². The van der Waals surface area contributed by atoms with Gasteiger partial charge in [0.05, 0.1) is 18.6 Å². The molecule has 1 aliphatic rings. The number of nitrogens with zero attached hydrogens (tertiary/aromatic N) is 1. The molecule has 1 fully saturated rings. The topological polar surface area (TPSA) is 86.7 Å². The van der Waals surface area contributed by atoms with Crippen LogP contribution in [-0.4, -0.2) is 40.9 Å². The average Bonchev–Trinajstić information content (AvgIpc) is 2.14. The van der Waals surface area contributed by atoms with Gasteiger partial charge in [-0.2, -0.15) is 0 Å². The number of Topliss-reactive ketones (excluding diaryl/α,β-unsaturated/α-hetero) is 1. The Kier molecular flexibility index (Phi) is 3.75. The van der Waals surface area contributed by atoms with Crippen LogP contribution in [0.2, 0.25) is 0 Å². The number of ketones is 1. The van der Waals surface area contributed by atoms with Gasteiger partial charge in [-0.05, 0) is 27.2 Å². The third-order valence-corrected chi connectivity index (χ3v) is 2.32. The normalized spacial score (nSPS) is 21.2. The monoisotopic (exact) mass is 242 g/mol. The summed E-state index contributed by atoms with van der Waals surface area (Å²) in [6.45, 7) is 4.79. The SMILES string of the molecule is CC(C)(C)OC(=O)N1CC(=O)CCC1C(=O)[O-]. The van der Waals surface area contributed by atoms with E-state index < -0.39 is 23.7 Å². The van der Waals surface area contributed by atoms with Gasteiger partial charge in [-0.3, -0.25) is 9.69 Å². The van der Waals surface area contributed by atoms with Gasteiger partial charge in [0.1, 0.15) is 5.60 Å². The predicted octanol–water partition coefficient (Wildman–Crippen LogP) is -0.295. The van der Waals surface area contributed by atoms with E-state index in [0.29, 0.717) is 0 Å². The van der Waals surface area contributed by atoms with Crippen LogP contribution in [0.5, 0.6) is 0 Å². The molecule has 0 aliphatic carbocycles. The summed E-state index contributed by atoms with van der Waals surface area (Å²) < 4.78 is 5.05. The van der Waals surface area contributed by atoms with Crippen LogP contribution in [0.4, 0.5) is 4.79 Å². The first-order valence-corrected chi connectivity index (χ1v) is 5.43. The van der Waals surface area contributed by atoms with Crippen molar-refractivity contribution in [2.45, 2.75) is 45.3 Å². The molecule has 0 aromatic rings. The molecule has 1 heterocycles. The minimum Gasteiger partial charge on any atom is -0.548 e. The van der Waals surface area contributed by atoms with Crippen molar-refractivity contribution in [2.75, 3.05) is 6.54 Å². The van der Waals surface area contributed by atoms with Crippen molar-refractivity contribution in [3.8, 4) is 0 Å². The van der Waals surface area contributed by atoms with Gasteiger partial charge in [0, 0.05) is 6.42 Å². The Bertz CT molecular complexity index is 344. The highest BCUT2D eigenvalue weighted by atomic mass is 16.6. The van der Waals surface area contributed by atoms with Crippen molar-refractivity contribution in [3.63, 3.8) is 0 Å². The standard InChI is InChI=1S/C11H17NO5/c1-11(2,3)17-10(16)12-6-7(13)4-5-8(12)9(14)15/h8H,4-6H2,1-3H3,(H,14,15)/p-1. The molecule has 1 saturated heterocycles. The van der Waals surface area contributed by atoms with Gasteiger partial charge < -0.3 is 14.6 Å². The predicted molar refractivity (Wildman–Crippen MR) is 56.0 cm³/mol. The molecule has 1 rings (SSSR count). The number of hydrogen-bond acceptors (Lipinski definition) is 5. The Morgan fingerprint density at radius 3 is 2.47 bits per heavy atom. The molecule has 0 aromatic carbocycles. The molecule has 0 N–H and O–H groups in total. The molecule has 1 amide bonds. The van der Waals surface area contributed by atoms with E-state index in [1.165, 1.54) is 0 Å². The molecule has 0 aromatic heterocycles. The quantitative estimate of drug-likeness (QED) is 0.630. The number of carbonyl (C=O) groups excluding carboxylic acids is 3. The molecular weight excluding hydrogens is 226 g/mol. The van der Waals surface area contributed by atoms with Crippen LogP contribution in [-0.2, 0) is 14.3 Å². The third-order valence-electron chi connectivity index (χ3n) is 2.32. The number of carboxylic acids is 1. The van der Waals surface area contributed by atoms with Crippen molar-refractivity contribution in [2.24, 2.45) is 0 Å². The van der Waals surface area contributed by atoms with E-state index in [-0.39, 0.29) is 25.2 Å². The van der Waals surface area contributed by atoms with E-state index in [9.17, 15) is 19.5 Å². The second-order valence-electron chi connectivity index (χ2n) is 5.02. The lowest BCUT2D eigenvalue weighted by Crippen LogP contribution is -2.56. The van der Waals surface area contributed by atoms with E-state index in [0.717, 1.165) is 4.90 Å². The number of carboxylic acid groups (broad SMARTS) is 1. The molecule has 17 heavy (non-hydrogen) atoms. The largest absolute Gasteiger partial charge is 0.548 e. The molecular formula is C11H16NO5-. The van der Waals surface area contributed by atoms with Crippen LogP contribution in [0.1, 0.15) is 33.6 Å². The van der Waals surface area contributed by atoms with Crippen LogP contribution >= 0.6 is 0 Å². The number of amides is 1. The van der Waals surface area contributed by atoms with E-state index >= 15 is 0 Å². The zero-order valence-electron chi connectivity index (χ0n) is 10.2. The summed E-state index contributed by atoms with van der Waals surface area (Å²) >= 11 is 0. The number of rotatable bonds is 1. The number of ether oxygens (including phenoxy) is 1. The smallest absolute Gasteiger partial charge is 0.411 e. The molecule has 1 aliphatic heterocycles. The average molecular weight is 242 g/mol. The molecule has 6 nitrogen and oxygen atoms in total. The van der Waals surface area contributed by atoms with Gasteiger partial charge in [-0.25, -0.2) is 4.79 Å².